The van der Waals surface area contributed by atoms with E-state index in [1.807, 2.05) is 24.4 Å². The molecule has 2 fully saturated rings. The number of aliphatic imine (C=N–C) groups is 1. The van der Waals surface area contributed by atoms with Crippen molar-refractivity contribution in [1.82, 2.24) is 0 Å². The van der Waals surface area contributed by atoms with Crippen molar-refractivity contribution in [3.8, 4) is 5.75 Å². The molecule has 0 heterocycles. The van der Waals surface area contributed by atoms with Gasteiger partial charge in [-0.05, 0) is 78.5 Å². The van der Waals surface area contributed by atoms with E-state index in [4.69, 9.17) is 4.99 Å². The van der Waals surface area contributed by atoms with Crippen LogP contribution < -0.4 is 0 Å². The molecule has 148 valence electrons. The molecule has 0 amide bonds. The number of aryl methyl sites for hydroxylation is 1. The van der Waals surface area contributed by atoms with Crippen LogP contribution in [0.4, 0.5) is 0 Å². The van der Waals surface area contributed by atoms with Crippen LogP contribution in [-0.2, 0) is 0 Å². The zero-order chi connectivity index (χ0) is 20.1. The molecule has 0 aliphatic heterocycles. The first kappa shape index (κ1) is 19.2. The van der Waals surface area contributed by atoms with Gasteiger partial charge >= 0.3 is 0 Å². The molecule has 1 N–H and O–H groups in total. The quantitative estimate of drug-likeness (QED) is 0.585. The van der Waals surface area contributed by atoms with Gasteiger partial charge in [-0.2, -0.15) is 0 Å². The molecule has 4 atom stereocenters. The number of phenolic OH excluding ortho intramolecular Hbond substituents is 1. The number of nitrogens with zero attached hydrogens (tertiary/aromatic N) is 1. The maximum Gasteiger partial charge on any atom is 0.127 e. The lowest BCUT2D eigenvalue weighted by molar-refractivity contribution is 0.133. The molecule has 2 aromatic carbocycles. The van der Waals surface area contributed by atoms with E-state index in [1.165, 1.54) is 30.4 Å². The van der Waals surface area contributed by atoms with Crippen molar-refractivity contribution < 1.29 is 5.11 Å². The predicted molar refractivity (Wildman–Crippen MR) is 117 cm³/mol. The van der Waals surface area contributed by atoms with Crippen molar-refractivity contribution >= 4 is 6.21 Å². The summed E-state index contributed by atoms with van der Waals surface area (Å²) in [5, 5.41) is 11.2. The summed E-state index contributed by atoms with van der Waals surface area (Å²) in [6, 6.07) is 14.6. The predicted octanol–water partition coefficient (Wildman–Crippen LogP) is 6.81. The van der Waals surface area contributed by atoms with Crippen molar-refractivity contribution in [2.24, 2.45) is 21.7 Å². The molecule has 0 spiro atoms. The molecule has 0 saturated heterocycles. The van der Waals surface area contributed by atoms with Crippen LogP contribution in [0.3, 0.4) is 0 Å². The van der Waals surface area contributed by atoms with Gasteiger partial charge in [-0.25, -0.2) is 0 Å². The molecule has 28 heavy (non-hydrogen) atoms. The fourth-order valence-electron chi connectivity index (χ4n) is 5.88. The molecule has 2 heteroatoms. The summed E-state index contributed by atoms with van der Waals surface area (Å²) in [6.07, 6.45) is 5.65. The number of hydrogen-bond donors (Lipinski definition) is 1. The average Bonchev–Trinajstić information content (AvgIpc) is 3.02. The Bertz CT molecular complexity index is 898. The van der Waals surface area contributed by atoms with Crippen LogP contribution in [0.15, 0.2) is 47.5 Å². The first-order chi connectivity index (χ1) is 13.2. The SMILES string of the molecule is Cc1cc(C=N[C@H](C)c2ccccc2)c(O)c([C@@H]2C[C@H]3CC[C@]2(C)C3(C)C)c1. The zero-order valence-electron chi connectivity index (χ0n) is 17.9. The minimum Gasteiger partial charge on any atom is -0.507 e. The summed E-state index contributed by atoms with van der Waals surface area (Å²) in [4.78, 5) is 4.74. The number of aromatic hydroxyl groups is 1. The summed E-state index contributed by atoms with van der Waals surface area (Å²) < 4.78 is 0. The lowest BCUT2D eigenvalue weighted by atomic mass is 9.64. The smallest absolute Gasteiger partial charge is 0.127 e. The lowest BCUT2D eigenvalue weighted by Crippen LogP contribution is -2.31. The van der Waals surface area contributed by atoms with Crippen LogP contribution in [-0.4, -0.2) is 11.3 Å². The van der Waals surface area contributed by atoms with Crippen molar-refractivity contribution in [1.29, 1.82) is 0 Å². The second kappa shape index (κ2) is 6.76. The van der Waals surface area contributed by atoms with Crippen molar-refractivity contribution in [3.63, 3.8) is 0 Å². The van der Waals surface area contributed by atoms with Crippen molar-refractivity contribution in [2.75, 3.05) is 0 Å². The molecular formula is C26H33NO. The topological polar surface area (TPSA) is 32.6 Å². The molecule has 0 aromatic heterocycles. The summed E-state index contributed by atoms with van der Waals surface area (Å²) in [5.41, 5.74) is 4.96. The van der Waals surface area contributed by atoms with Crippen LogP contribution in [0.2, 0.25) is 0 Å². The number of hydrogen-bond acceptors (Lipinski definition) is 2. The van der Waals surface area contributed by atoms with E-state index in [0.717, 1.165) is 17.0 Å². The lowest BCUT2D eigenvalue weighted by Gasteiger charge is -2.40. The monoisotopic (exact) mass is 375 g/mol. The number of rotatable bonds is 4. The van der Waals surface area contributed by atoms with Gasteiger partial charge in [-0.3, -0.25) is 4.99 Å². The summed E-state index contributed by atoms with van der Waals surface area (Å²) in [6.45, 7) is 11.5. The molecule has 2 aliphatic rings. The van der Waals surface area contributed by atoms with E-state index < -0.39 is 0 Å². The van der Waals surface area contributed by atoms with Gasteiger partial charge in [0.05, 0.1) is 6.04 Å². The molecule has 2 bridgehead atoms. The van der Waals surface area contributed by atoms with E-state index in [9.17, 15) is 5.11 Å². The van der Waals surface area contributed by atoms with E-state index in [-0.39, 0.29) is 11.5 Å². The van der Waals surface area contributed by atoms with Crippen LogP contribution >= 0.6 is 0 Å². The number of phenols is 1. The molecule has 2 saturated carbocycles. The molecule has 0 radical (unpaired) electrons. The van der Waals surface area contributed by atoms with Gasteiger partial charge in [0, 0.05) is 11.8 Å². The van der Waals surface area contributed by atoms with Gasteiger partial charge in [0.25, 0.3) is 0 Å². The Kier molecular flexibility index (Phi) is 4.64. The van der Waals surface area contributed by atoms with Crippen LogP contribution in [0.5, 0.6) is 5.75 Å². The first-order valence-electron chi connectivity index (χ1n) is 10.7. The number of fused-ring (bicyclic) bond motifs is 2. The van der Waals surface area contributed by atoms with Crippen LogP contribution in [0.25, 0.3) is 0 Å². The van der Waals surface area contributed by atoms with Crippen molar-refractivity contribution in [3.05, 3.63) is 64.7 Å². The van der Waals surface area contributed by atoms with E-state index in [2.05, 4.69) is 58.9 Å². The van der Waals surface area contributed by atoms with Gasteiger partial charge in [-0.1, -0.05) is 57.2 Å². The standard InChI is InChI=1S/C26H33NO/c1-17-13-20(16-27-18(2)19-9-7-6-8-10-19)24(28)22(14-17)23-15-21-11-12-26(23,5)25(21,3)4/h6-10,13-14,16,18,21,23,28H,11-12,15H2,1-5H3/t18-,21-,23+,26+/m1/s1. The van der Waals surface area contributed by atoms with E-state index >= 15 is 0 Å². The highest BCUT2D eigenvalue weighted by Crippen LogP contribution is 2.71. The molecule has 2 aromatic rings. The Labute approximate surface area is 169 Å². The third-order valence-electron chi connectivity index (χ3n) is 8.20. The largest absolute Gasteiger partial charge is 0.507 e. The minimum absolute atomic E-state index is 0.0727. The highest BCUT2D eigenvalue weighted by molar-refractivity contribution is 5.85. The van der Waals surface area contributed by atoms with Crippen molar-refractivity contribution in [2.45, 2.75) is 65.8 Å². The molecule has 2 nitrogen and oxygen atoms in total. The Morgan fingerprint density at radius 3 is 2.46 bits per heavy atom. The molecule has 4 rings (SSSR count). The van der Waals surface area contributed by atoms with Crippen LogP contribution in [0.1, 0.15) is 81.2 Å². The van der Waals surface area contributed by atoms with E-state index in [0.29, 0.717) is 17.1 Å². The molecular weight excluding hydrogens is 342 g/mol. The highest BCUT2D eigenvalue weighted by Gasteiger charge is 2.61. The zero-order valence-corrected chi connectivity index (χ0v) is 17.9. The van der Waals surface area contributed by atoms with E-state index in [1.54, 1.807) is 0 Å². The Morgan fingerprint density at radius 1 is 1.14 bits per heavy atom. The third kappa shape index (κ3) is 2.89. The highest BCUT2D eigenvalue weighted by atomic mass is 16.3. The molecule has 0 unspecified atom stereocenters. The average molecular weight is 376 g/mol. The Balaban J connectivity index is 1.67. The summed E-state index contributed by atoms with van der Waals surface area (Å²) >= 11 is 0. The first-order valence-corrected chi connectivity index (χ1v) is 10.7. The fraction of sp³-hybridized carbons (Fsp3) is 0.500. The van der Waals surface area contributed by atoms with Gasteiger partial charge in [0.15, 0.2) is 0 Å². The van der Waals surface area contributed by atoms with Crippen LogP contribution in [0, 0.1) is 23.7 Å². The fourth-order valence-corrected chi connectivity index (χ4v) is 5.88. The second-order valence-corrected chi connectivity index (χ2v) is 9.82. The third-order valence-corrected chi connectivity index (χ3v) is 8.20. The van der Waals surface area contributed by atoms with Gasteiger partial charge in [-0.15, -0.1) is 0 Å². The Morgan fingerprint density at radius 2 is 1.86 bits per heavy atom. The van der Waals surface area contributed by atoms with Gasteiger partial charge in [0.1, 0.15) is 5.75 Å². The minimum atomic E-state index is 0.0727. The molecule has 2 aliphatic carbocycles. The van der Waals surface area contributed by atoms with Gasteiger partial charge in [0.2, 0.25) is 0 Å². The second-order valence-electron chi connectivity index (χ2n) is 9.82. The Hall–Kier alpha value is -2.09. The normalized spacial score (nSPS) is 29.5. The maximum absolute atomic E-state index is 11.2. The summed E-state index contributed by atoms with van der Waals surface area (Å²) in [5.74, 6) is 1.63. The summed E-state index contributed by atoms with van der Waals surface area (Å²) in [7, 11) is 0. The van der Waals surface area contributed by atoms with Gasteiger partial charge < -0.3 is 5.11 Å². The number of benzene rings is 2. The maximum atomic E-state index is 11.2.